The van der Waals surface area contributed by atoms with Crippen molar-refractivity contribution in [3.63, 3.8) is 0 Å². The third-order valence-electron chi connectivity index (χ3n) is 0.493. The molecule has 0 aliphatic rings. The highest BCUT2D eigenvalue weighted by molar-refractivity contribution is 7.54. The molecule has 0 saturated heterocycles. The van der Waals surface area contributed by atoms with E-state index in [1.807, 2.05) is 0 Å². The van der Waals surface area contributed by atoms with Crippen LogP contribution in [-0.4, -0.2) is 16.4 Å². The Morgan fingerprint density at radius 3 is 1.60 bits per heavy atom. The lowest BCUT2D eigenvalue weighted by Gasteiger charge is -2.11. The highest BCUT2D eigenvalue weighted by atomic mass is 32.1. The number of rotatable bonds is 1. The molecule has 0 aromatic heterocycles. The summed E-state index contributed by atoms with van der Waals surface area (Å²) in [5.41, 5.74) is 0. The van der Waals surface area contributed by atoms with Gasteiger partial charge in [-0.2, -0.15) is 26.2 Å². The summed E-state index contributed by atoms with van der Waals surface area (Å²) in [6, 6.07) is -5.24. The minimum atomic E-state index is -5.77. The molecule has 0 aromatic rings. The van der Waals surface area contributed by atoms with Crippen molar-refractivity contribution in [2.75, 3.05) is 0 Å². The molecule has 0 N–H and O–H groups in total. The third kappa shape index (κ3) is 2.01. The van der Waals surface area contributed by atoms with Crippen molar-refractivity contribution in [2.45, 2.75) is 12.2 Å². The number of alkyl halides is 5. The van der Waals surface area contributed by atoms with Crippen molar-refractivity contribution in [2.24, 2.45) is 4.36 Å². The van der Waals surface area contributed by atoms with Gasteiger partial charge in [-0.3, -0.25) is 0 Å². The quantitative estimate of drug-likeness (QED) is 0.445. The van der Waals surface area contributed by atoms with Gasteiger partial charge in [-0.25, -0.2) is 0 Å². The van der Waals surface area contributed by atoms with E-state index in [-0.39, 0.29) is 0 Å². The Morgan fingerprint density at radius 2 is 1.50 bits per heavy atom. The fourth-order valence-corrected chi connectivity index (χ4v) is 0.296. The minimum Gasteiger partial charge on any atom is -0.191 e. The normalized spacial score (nSPS) is 12.9. The van der Waals surface area contributed by atoms with Crippen LogP contribution in [-0.2, 0) is 11.5 Å². The number of nitrogens with zero attached hydrogens (tertiary/aromatic N) is 1. The van der Waals surface area contributed by atoms with Gasteiger partial charge < -0.3 is 0 Å². The van der Waals surface area contributed by atoms with Crippen LogP contribution in [0.5, 0.6) is 0 Å². The van der Waals surface area contributed by atoms with Crippen LogP contribution in [0.1, 0.15) is 0 Å². The van der Waals surface area contributed by atoms with E-state index in [1.54, 1.807) is 0 Å². The highest BCUT2D eigenvalue weighted by Gasteiger charge is 2.58. The molecule has 0 aliphatic heterocycles. The first kappa shape index (κ1) is 9.47. The second-order valence-corrected chi connectivity index (χ2v) is 1.54. The Bertz CT molecular complexity index is 169. The molecule has 60 valence electrons. The maximum atomic E-state index is 11.4. The molecule has 8 heteroatoms. The van der Waals surface area contributed by atoms with E-state index in [1.165, 1.54) is 4.36 Å². The fourth-order valence-electron chi connectivity index (χ4n) is 0.0986. The van der Waals surface area contributed by atoms with E-state index in [9.17, 15) is 22.0 Å². The summed E-state index contributed by atoms with van der Waals surface area (Å²) in [5, 5.41) is 0. The molecule has 0 bridgehead atoms. The van der Waals surface area contributed by atoms with E-state index in [0.29, 0.717) is 0 Å². The molecule has 10 heavy (non-hydrogen) atoms. The number of hydrogen-bond acceptors (Lipinski definition) is 2. The number of hydrogen-bond donors (Lipinski definition) is 0. The lowest BCUT2D eigenvalue weighted by molar-refractivity contribution is -0.276. The van der Waals surface area contributed by atoms with E-state index in [4.69, 9.17) is 4.21 Å². The van der Waals surface area contributed by atoms with Crippen molar-refractivity contribution < 1.29 is 26.2 Å². The largest absolute Gasteiger partial charge is 0.478 e. The van der Waals surface area contributed by atoms with Crippen LogP contribution in [0.4, 0.5) is 22.0 Å². The van der Waals surface area contributed by atoms with Gasteiger partial charge in [-0.1, -0.05) is 0 Å². The monoisotopic (exact) mass is 181 g/mol. The van der Waals surface area contributed by atoms with Crippen molar-refractivity contribution in [1.29, 1.82) is 0 Å². The van der Waals surface area contributed by atoms with Gasteiger partial charge in [0.2, 0.25) is 11.5 Å². The first-order valence-electron chi connectivity index (χ1n) is 1.77. The Labute approximate surface area is 55.3 Å². The van der Waals surface area contributed by atoms with E-state index >= 15 is 0 Å². The summed E-state index contributed by atoms with van der Waals surface area (Å²) >= 11 is -1.16. The molecule has 0 fully saturated rings. The first-order chi connectivity index (χ1) is 4.31. The summed E-state index contributed by atoms with van der Waals surface area (Å²) in [4.78, 5) is 0. The third-order valence-corrected chi connectivity index (χ3v) is 0.797. The predicted molar refractivity (Wildman–Crippen MR) is 21.6 cm³/mol. The van der Waals surface area contributed by atoms with Gasteiger partial charge in [0.15, 0.2) is 0 Å². The van der Waals surface area contributed by atoms with Gasteiger partial charge in [0.1, 0.15) is 0 Å². The van der Waals surface area contributed by atoms with Gasteiger partial charge in [-0.15, -0.1) is 4.36 Å². The van der Waals surface area contributed by atoms with Gasteiger partial charge in [-0.05, 0) is 0 Å². The predicted octanol–water partition coefficient (Wildman–Crippen LogP) is 1.54. The zero-order valence-electron chi connectivity index (χ0n) is 4.15. The van der Waals surface area contributed by atoms with Crippen LogP contribution in [0.2, 0.25) is 0 Å². The molecule has 0 saturated carbocycles. The molecule has 0 heterocycles. The van der Waals surface area contributed by atoms with Crippen LogP contribution in [0.25, 0.3) is 0 Å². The van der Waals surface area contributed by atoms with Crippen LogP contribution in [0.15, 0.2) is 4.36 Å². The molecule has 0 amide bonds. The maximum absolute atomic E-state index is 11.4. The van der Waals surface area contributed by atoms with Gasteiger partial charge in [0, 0.05) is 0 Å². The van der Waals surface area contributed by atoms with E-state index in [2.05, 4.69) is 0 Å². The van der Waals surface area contributed by atoms with Crippen LogP contribution in [0, 0.1) is 0 Å². The molecule has 0 radical (unpaired) electrons. The van der Waals surface area contributed by atoms with Crippen molar-refractivity contribution in [1.82, 2.24) is 0 Å². The van der Waals surface area contributed by atoms with Gasteiger partial charge in [0.05, 0.1) is 0 Å². The van der Waals surface area contributed by atoms with E-state index < -0.39 is 23.7 Å². The van der Waals surface area contributed by atoms with Crippen molar-refractivity contribution in [3.8, 4) is 0 Å². The molecule has 0 spiro atoms. The second-order valence-electron chi connectivity index (χ2n) is 1.20. The topological polar surface area (TPSA) is 29.4 Å². The molecule has 0 atom stereocenters. The standard InChI is InChI=1S/C2F5NOS/c3-1(4,5)2(6,7)8-10-9. The molecule has 0 aromatic carbocycles. The maximum Gasteiger partial charge on any atom is 0.478 e. The van der Waals surface area contributed by atoms with Crippen LogP contribution < -0.4 is 0 Å². The molecule has 0 rings (SSSR count). The molecule has 2 nitrogen and oxygen atoms in total. The average molecular weight is 181 g/mol. The molecule has 0 unspecified atom stereocenters. The Balaban J connectivity index is 4.56. The first-order valence-corrected chi connectivity index (χ1v) is 2.47. The summed E-state index contributed by atoms with van der Waals surface area (Å²) in [5.74, 6) is 0. The van der Waals surface area contributed by atoms with Crippen LogP contribution >= 0.6 is 0 Å². The van der Waals surface area contributed by atoms with Gasteiger partial charge >= 0.3 is 12.2 Å². The Morgan fingerprint density at radius 1 is 1.10 bits per heavy atom. The summed E-state index contributed by atoms with van der Waals surface area (Å²) in [6.45, 7) is 0. The molecule has 0 aliphatic carbocycles. The molecular formula is C2F5NOS. The zero-order valence-corrected chi connectivity index (χ0v) is 4.97. The Hall–Kier alpha value is -0.530. The van der Waals surface area contributed by atoms with Crippen LogP contribution in [0.3, 0.4) is 0 Å². The average Bonchev–Trinajstić information content (AvgIpc) is 1.61. The highest BCUT2D eigenvalue weighted by Crippen LogP contribution is 2.35. The fraction of sp³-hybridized carbons (Fsp3) is 1.00. The van der Waals surface area contributed by atoms with Gasteiger partial charge in [0.25, 0.3) is 0 Å². The van der Waals surface area contributed by atoms with E-state index in [0.717, 1.165) is 0 Å². The summed E-state index contributed by atoms with van der Waals surface area (Å²) in [6.07, 6.45) is -5.77. The minimum absolute atomic E-state index is 1.16. The van der Waals surface area contributed by atoms with Crippen molar-refractivity contribution >= 4 is 11.5 Å². The smallest absolute Gasteiger partial charge is 0.191 e. The molecular weight excluding hydrogens is 181 g/mol. The lowest BCUT2D eigenvalue weighted by Crippen LogP contribution is -2.33. The second kappa shape index (κ2) is 2.60. The Kier molecular flexibility index (Phi) is 2.47. The summed E-state index contributed by atoms with van der Waals surface area (Å²) < 4.78 is 66.5. The number of halogens is 5. The lowest BCUT2D eigenvalue weighted by atomic mass is 10.6. The summed E-state index contributed by atoms with van der Waals surface area (Å²) in [7, 11) is 0. The van der Waals surface area contributed by atoms with Crippen molar-refractivity contribution in [3.05, 3.63) is 0 Å². The zero-order chi connectivity index (χ0) is 8.41. The SMILES string of the molecule is O=S=NC(F)(F)C(F)(F)F.